The zero-order valence-electron chi connectivity index (χ0n) is 22.8. The second-order valence-electron chi connectivity index (χ2n) is 10.5. The van der Waals surface area contributed by atoms with Crippen molar-refractivity contribution in [3.63, 3.8) is 0 Å². The van der Waals surface area contributed by atoms with E-state index in [2.05, 4.69) is 0 Å². The maximum absolute atomic E-state index is 15.1. The van der Waals surface area contributed by atoms with Crippen LogP contribution in [0, 0.1) is 0 Å². The van der Waals surface area contributed by atoms with Crippen molar-refractivity contribution in [3.05, 3.63) is 119 Å². The third-order valence-corrected chi connectivity index (χ3v) is 24.5. The molecule has 0 aliphatic carbocycles. The van der Waals surface area contributed by atoms with E-state index in [1.807, 2.05) is 0 Å². The molecule has 0 amide bonds. The Labute approximate surface area is 256 Å². The topological polar surface area (TPSA) is 9.23 Å². The van der Waals surface area contributed by atoms with Crippen molar-refractivity contribution < 1.29 is 68.9 Å². The molecule has 0 unspecified atom stereocenters. The summed E-state index contributed by atoms with van der Waals surface area (Å²) in [4.78, 5) is 0. The second-order valence-corrected chi connectivity index (χ2v) is 22.7. The second kappa shape index (κ2) is 10.6. The maximum atomic E-state index is 15.1. The summed E-state index contributed by atoms with van der Waals surface area (Å²) in [6.45, 7) is 0. The Morgan fingerprint density at radius 1 is 0.404 bits per heavy atom. The molecule has 5 rings (SSSR count). The Bertz CT molecular complexity index is 1620. The molecule has 0 bridgehead atoms. The number of halogens is 15. The predicted octanol–water partition coefficient (Wildman–Crippen LogP) is 7.92. The van der Waals surface area contributed by atoms with Gasteiger partial charge in [-0.2, -0.15) is 0 Å². The van der Waals surface area contributed by atoms with Gasteiger partial charge in [0.05, 0.1) is 0 Å². The molecule has 1 heterocycles. The Balaban J connectivity index is 2.08. The van der Waals surface area contributed by atoms with E-state index >= 15 is 26.3 Å². The van der Waals surface area contributed by atoms with E-state index < -0.39 is 90.6 Å². The van der Waals surface area contributed by atoms with Gasteiger partial charge in [0.2, 0.25) is 0 Å². The van der Waals surface area contributed by atoms with Gasteiger partial charge in [0, 0.05) is 0 Å². The van der Waals surface area contributed by atoms with Crippen LogP contribution in [0.15, 0.2) is 97.1 Å². The summed E-state index contributed by atoms with van der Waals surface area (Å²) in [5.41, 5.74) is -11.0. The van der Waals surface area contributed by atoms with Crippen molar-refractivity contribution in [1.29, 1.82) is 0 Å². The number of benzene rings is 4. The van der Waals surface area contributed by atoms with Crippen molar-refractivity contribution in [2.24, 2.45) is 0 Å². The molecule has 0 fully saturated rings. The van der Waals surface area contributed by atoms with E-state index in [1.165, 1.54) is 0 Å². The number of fused-ring (bicyclic) bond motifs is 1. The van der Waals surface area contributed by atoms with Gasteiger partial charge in [0.1, 0.15) is 0 Å². The van der Waals surface area contributed by atoms with E-state index in [4.69, 9.17) is 3.02 Å². The molecule has 0 spiro atoms. The first-order valence-electron chi connectivity index (χ1n) is 12.9. The third kappa shape index (κ3) is 4.99. The molecule has 47 heavy (non-hydrogen) atoms. The van der Waals surface area contributed by atoms with Crippen molar-refractivity contribution in [2.45, 2.75) is 36.5 Å². The molecule has 0 radical (unpaired) electrons. The van der Waals surface area contributed by atoms with Crippen LogP contribution in [0.3, 0.4) is 0 Å². The van der Waals surface area contributed by atoms with Gasteiger partial charge in [-0.05, 0) is 0 Å². The molecule has 4 aromatic rings. The summed E-state index contributed by atoms with van der Waals surface area (Å²) in [6.07, 6.45) is -27.9. The van der Waals surface area contributed by atoms with Crippen LogP contribution in [0.1, 0.15) is 22.3 Å². The minimum atomic E-state index is -7.72. The minimum absolute atomic E-state index is 0.328. The monoisotopic (exact) mass is 798 g/mol. The van der Waals surface area contributed by atoms with E-state index in [-0.39, 0.29) is 0 Å². The first-order valence-corrected chi connectivity index (χ1v) is 19.1. The third-order valence-electron chi connectivity index (χ3n) is 7.92. The van der Waals surface area contributed by atoms with Crippen LogP contribution in [-0.2, 0) is 27.1 Å². The van der Waals surface area contributed by atoms with Crippen LogP contribution in [0.25, 0.3) is 0 Å². The number of rotatable bonds is 3. The van der Waals surface area contributed by atoms with E-state index in [0.29, 0.717) is 78.9 Å². The first kappa shape index (κ1) is 34.9. The average molecular weight is 799 g/mol. The Morgan fingerprint density at radius 2 is 0.702 bits per heavy atom. The van der Waals surface area contributed by atoms with Crippen LogP contribution in [0.2, 0.25) is 0 Å². The van der Waals surface area contributed by atoms with E-state index in [1.54, 1.807) is 0 Å². The fourth-order valence-corrected chi connectivity index (χ4v) is 23.6. The first-order chi connectivity index (χ1) is 21.4. The summed E-state index contributed by atoms with van der Waals surface area (Å²) in [5.74, 6) is 0. The van der Waals surface area contributed by atoms with Gasteiger partial charge >= 0.3 is 257 Å². The summed E-state index contributed by atoms with van der Waals surface area (Å²) < 4.78 is 215. The van der Waals surface area contributed by atoms with Crippen LogP contribution in [0.5, 0.6) is 0 Å². The van der Waals surface area contributed by atoms with E-state index in [0.717, 1.165) is 18.2 Å². The van der Waals surface area contributed by atoms with Crippen LogP contribution in [-0.4, -0.2) is 30.2 Å². The summed E-state index contributed by atoms with van der Waals surface area (Å²) in [5, 5.41) is 0. The Kier molecular flexibility index (Phi) is 7.84. The molecular formula is C30H16F15OSb. The zero-order chi connectivity index (χ0) is 35.1. The molecule has 252 valence electrons. The molecule has 4 aromatic carbocycles. The standard InChI is InChI=1S/C9H4F6O.3C7H4F3.Sb/c10-8(11,12)7(16,9(13,14)15)6-4-2-1-3-5-6;3*8-7(9,10)6-4-2-1-3-5-6;/h1-4H;3*2-5H;/q-1;;;;+1. The van der Waals surface area contributed by atoms with Gasteiger partial charge in [0.15, 0.2) is 0 Å². The van der Waals surface area contributed by atoms with Gasteiger partial charge in [-0.1, -0.05) is 0 Å². The predicted molar refractivity (Wildman–Crippen MR) is 140 cm³/mol. The molecule has 0 saturated carbocycles. The van der Waals surface area contributed by atoms with Gasteiger partial charge in [-0.3, -0.25) is 0 Å². The van der Waals surface area contributed by atoms with Crippen molar-refractivity contribution >= 4 is 31.9 Å². The summed E-state index contributed by atoms with van der Waals surface area (Å²) >= 11 is -7.72. The van der Waals surface area contributed by atoms with Crippen molar-refractivity contribution in [2.75, 3.05) is 0 Å². The van der Waals surface area contributed by atoms with Crippen LogP contribution in [0.4, 0.5) is 65.9 Å². The molecular weight excluding hydrogens is 783 g/mol. The Hall–Kier alpha value is -3.39. The van der Waals surface area contributed by atoms with Gasteiger partial charge in [-0.15, -0.1) is 0 Å². The van der Waals surface area contributed by atoms with Crippen LogP contribution < -0.4 is 14.0 Å². The molecule has 0 atom stereocenters. The molecule has 1 nitrogen and oxygen atoms in total. The zero-order valence-corrected chi connectivity index (χ0v) is 25.3. The van der Waals surface area contributed by atoms with Crippen molar-refractivity contribution in [1.82, 2.24) is 0 Å². The van der Waals surface area contributed by atoms with Crippen molar-refractivity contribution in [3.8, 4) is 0 Å². The molecule has 0 aromatic heterocycles. The van der Waals surface area contributed by atoms with Gasteiger partial charge < -0.3 is 0 Å². The molecule has 1 aliphatic heterocycles. The molecule has 1 aliphatic rings. The fourth-order valence-electron chi connectivity index (χ4n) is 5.91. The molecule has 0 N–H and O–H groups in total. The molecule has 17 heteroatoms. The van der Waals surface area contributed by atoms with Crippen LogP contribution >= 0.6 is 0 Å². The fraction of sp³-hybridized carbons (Fsp3) is 0.200. The van der Waals surface area contributed by atoms with E-state index in [9.17, 15) is 39.5 Å². The summed E-state index contributed by atoms with van der Waals surface area (Å²) in [6, 6.07) is 8.16. The normalized spacial score (nSPS) is 18.7. The number of hydrogen-bond donors (Lipinski definition) is 0. The number of hydrogen-bond acceptors (Lipinski definition) is 1. The molecule has 0 saturated heterocycles. The van der Waals surface area contributed by atoms with Gasteiger partial charge in [0.25, 0.3) is 0 Å². The SMILES string of the molecule is FC(F)(F)c1cc[c]([Sb]2([c]3ccc(C(F)(F)F)cc3)([c]3ccc(C(F)(F)F)cc3)[O]C(C(F)(F)F)(C(F)(F)F)c3cccc[c]32)cc1. The van der Waals surface area contributed by atoms with Gasteiger partial charge in [-0.25, -0.2) is 0 Å². The summed E-state index contributed by atoms with van der Waals surface area (Å²) in [7, 11) is 0. The quantitative estimate of drug-likeness (QED) is 0.151. The Morgan fingerprint density at radius 3 is 0.979 bits per heavy atom. The number of alkyl halides is 15. The average Bonchev–Trinajstić information content (AvgIpc) is 3.28.